The topological polar surface area (TPSA) is 65.1 Å². The highest BCUT2D eigenvalue weighted by molar-refractivity contribution is 5.82. The molecule has 1 aromatic rings. The number of ether oxygens (including phenoxy) is 3. The molecule has 1 saturated heterocycles. The molecule has 6 nitrogen and oxygen atoms in total. The van der Waals surface area contributed by atoms with Gasteiger partial charge in [0.25, 0.3) is 0 Å². The van der Waals surface area contributed by atoms with Gasteiger partial charge in [-0.1, -0.05) is 6.08 Å². The maximum atomic E-state index is 13.0. The first-order valence-electron chi connectivity index (χ1n) is 8.94. The first-order chi connectivity index (χ1) is 12.7. The molecular weight excluding hydrogens is 353 g/mol. The fraction of sp³-hybridized carbons (Fsp3) is 0.500. The van der Waals surface area contributed by atoms with Gasteiger partial charge < -0.3 is 14.2 Å². The molecule has 1 fully saturated rings. The van der Waals surface area contributed by atoms with Gasteiger partial charge in [0, 0.05) is 12.5 Å². The predicted octanol–water partition coefficient (Wildman–Crippen LogP) is 3.70. The van der Waals surface area contributed by atoms with Crippen molar-refractivity contribution in [3.05, 3.63) is 42.2 Å². The molecule has 148 valence electrons. The SMILES string of the molecule is CCOC(=O)/C=C/[C@@H]1C[C@@H](Oc2ccc(F)cc2)CN1C(=O)OC(C)(C)C. The van der Waals surface area contributed by atoms with E-state index in [9.17, 15) is 14.0 Å². The van der Waals surface area contributed by atoms with E-state index in [4.69, 9.17) is 14.2 Å². The van der Waals surface area contributed by atoms with Crippen molar-refractivity contribution in [2.24, 2.45) is 0 Å². The highest BCUT2D eigenvalue weighted by atomic mass is 19.1. The van der Waals surface area contributed by atoms with E-state index in [2.05, 4.69) is 0 Å². The predicted molar refractivity (Wildman–Crippen MR) is 97.9 cm³/mol. The van der Waals surface area contributed by atoms with Crippen LogP contribution in [0.5, 0.6) is 5.75 Å². The van der Waals surface area contributed by atoms with Gasteiger partial charge >= 0.3 is 12.1 Å². The van der Waals surface area contributed by atoms with Crippen LogP contribution in [0.4, 0.5) is 9.18 Å². The van der Waals surface area contributed by atoms with Crippen molar-refractivity contribution in [2.75, 3.05) is 13.2 Å². The number of likely N-dealkylation sites (tertiary alicyclic amines) is 1. The lowest BCUT2D eigenvalue weighted by molar-refractivity contribution is -0.137. The number of carbonyl (C=O) groups excluding carboxylic acids is 2. The van der Waals surface area contributed by atoms with Crippen LogP contribution in [0.1, 0.15) is 34.1 Å². The number of esters is 1. The van der Waals surface area contributed by atoms with Gasteiger partial charge in [-0.2, -0.15) is 0 Å². The molecule has 0 aromatic heterocycles. The quantitative estimate of drug-likeness (QED) is 0.576. The molecule has 1 aliphatic heterocycles. The Morgan fingerprint density at radius 2 is 1.93 bits per heavy atom. The first kappa shape index (κ1) is 20.7. The van der Waals surface area contributed by atoms with Gasteiger partial charge in [0.2, 0.25) is 0 Å². The molecule has 1 amide bonds. The van der Waals surface area contributed by atoms with Gasteiger partial charge in [-0.05, 0) is 52.0 Å². The van der Waals surface area contributed by atoms with E-state index in [0.29, 0.717) is 18.7 Å². The molecule has 0 saturated carbocycles. The molecule has 0 spiro atoms. The van der Waals surface area contributed by atoms with E-state index in [1.54, 1.807) is 33.8 Å². The van der Waals surface area contributed by atoms with Crippen LogP contribution in [0, 0.1) is 5.82 Å². The van der Waals surface area contributed by atoms with Crippen molar-refractivity contribution in [1.29, 1.82) is 0 Å². The van der Waals surface area contributed by atoms with Crippen LogP contribution in [0.2, 0.25) is 0 Å². The number of halogens is 1. The monoisotopic (exact) mass is 379 g/mol. The lowest BCUT2D eigenvalue weighted by atomic mass is 10.2. The number of benzene rings is 1. The normalized spacial score (nSPS) is 20.0. The lowest BCUT2D eigenvalue weighted by Gasteiger charge is -2.27. The number of nitrogens with zero attached hydrogens (tertiary/aromatic N) is 1. The van der Waals surface area contributed by atoms with Gasteiger partial charge in [0.1, 0.15) is 23.3 Å². The highest BCUT2D eigenvalue weighted by Crippen LogP contribution is 2.26. The van der Waals surface area contributed by atoms with Crippen LogP contribution >= 0.6 is 0 Å². The Bertz CT molecular complexity index is 681. The molecule has 2 rings (SSSR count). The van der Waals surface area contributed by atoms with Crippen LogP contribution in [0.3, 0.4) is 0 Å². The van der Waals surface area contributed by atoms with E-state index in [0.717, 1.165) is 0 Å². The summed E-state index contributed by atoms with van der Waals surface area (Å²) in [6.45, 7) is 7.66. The Kier molecular flexibility index (Phi) is 6.82. The number of hydrogen-bond acceptors (Lipinski definition) is 5. The van der Waals surface area contributed by atoms with E-state index >= 15 is 0 Å². The molecule has 0 radical (unpaired) electrons. The van der Waals surface area contributed by atoms with Crippen LogP contribution in [0.15, 0.2) is 36.4 Å². The fourth-order valence-corrected chi connectivity index (χ4v) is 2.71. The van der Waals surface area contributed by atoms with Crippen LogP contribution in [-0.4, -0.2) is 47.9 Å². The molecule has 1 aliphatic rings. The second-order valence-corrected chi connectivity index (χ2v) is 7.24. The van der Waals surface area contributed by atoms with Crippen molar-refractivity contribution in [1.82, 2.24) is 4.90 Å². The largest absolute Gasteiger partial charge is 0.488 e. The molecular formula is C20H26FNO5. The van der Waals surface area contributed by atoms with E-state index in [1.165, 1.54) is 35.2 Å². The molecule has 1 aromatic carbocycles. The Labute approximate surface area is 158 Å². The average Bonchev–Trinajstić information content (AvgIpc) is 2.97. The van der Waals surface area contributed by atoms with Crippen molar-refractivity contribution in [3.63, 3.8) is 0 Å². The summed E-state index contributed by atoms with van der Waals surface area (Å²) >= 11 is 0. The van der Waals surface area contributed by atoms with E-state index in [1.807, 2.05) is 0 Å². The smallest absolute Gasteiger partial charge is 0.410 e. The van der Waals surface area contributed by atoms with Gasteiger partial charge in [-0.3, -0.25) is 4.90 Å². The maximum absolute atomic E-state index is 13.0. The van der Waals surface area contributed by atoms with Crippen molar-refractivity contribution < 1.29 is 28.2 Å². The second-order valence-electron chi connectivity index (χ2n) is 7.24. The zero-order valence-electron chi connectivity index (χ0n) is 16.1. The van der Waals surface area contributed by atoms with Crippen molar-refractivity contribution in [2.45, 2.75) is 51.9 Å². The van der Waals surface area contributed by atoms with Gasteiger partial charge in [0.15, 0.2) is 0 Å². The third-order valence-corrected chi connectivity index (χ3v) is 3.79. The Morgan fingerprint density at radius 3 is 2.52 bits per heavy atom. The van der Waals surface area contributed by atoms with Gasteiger partial charge in [-0.25, -0.2) is 14.0 Å². The highest BCUT2D eigenvalue weighted by Gasteiger charge is 2.37. The van der Waals surface area contributed by atoms with Crippen molar-refractivity contribution in [3.8, 4) is 5.75 Å². The number of rotatable bonds is 5. The number of hydrogen-bond donors (Lipinski definition) is 0. The Morgan fingerprint density at radius 1 is 1.26 bits per heavy atom. The maximum Gasteiger partial charge on any atom is 0.410 e. The van der Waals surface area contributed by atoms with Gasteiger partial charge in [-0.15, -0.1) is 0 Å². The molecule has 0 bridgehead atoms. The van der Waals surface area contributed by atoms with Gasteiger partial charge in [0.05, 0.1) is 19.2 Å². The third kappa shape index (κ3) is 6.58. The Balaban J connectivity index is 2.10. The summed E-state index contributed by atoms with van der Waals surface area (Å²) in [4.78, 5) is 25.7. The summed E-state index contributed by atoms with van der Waals surface area (Å²) in [5.74, 6) is -0.301. The summed E-state index contributed by atoms with van der Waals surface area (Å²) in [5, 5.41) is 0. The third-order valence-electron chi connectivity index (χ3n) is 3.79. The molecule has 0 N–H and O–H groups in total. The summed E-state index contributed by atoms with van der Waals surface area (Å²) in [5.41, 5.74) is -0.637. The number of carbonyl (C=O) groups is 2. The molecule has 2 atom stereocenters. The van der Waals surface area contributed by atoms with Crippen molar-refractivity contribution >= 4 is 12.1 Å². The molecule has 7 heteroatoms. The zero-order valence-corrected chi connectivity index (χ0v) is 16.1. The minimum absolute atomic E-state index is 0.278. The van der Waals surface area contributed by atoms with Crippen LogP contribution in [-0.2, 0) is 14.3 Å². The standard InChI is InChI=1S/C20H26FNO5/c1-5-25-18(23)11-8-15-12-17(26-16-9-6-14(21)7-10-16)13-22(15)19(24)27-20(2,3)4/h6-11,15,17H,5,12-13H2,1-4H3/b11-8+/t15-,17-/m1/s1. The van der Waals surface area contributed by atoms with E-state index in [-0.39, 0.29) is 24.6 Å². The van der Waals surface area contributed by atoms with Crippen LogP contribution < -0.4 is 4.74 Å². The minimum Gasteiger partial charge on any atom is -0.488 e. The summed E-state index contributed by atoms with van der Waals surface area (Å²) in [6, 6.07) is 5.33. The molecule has 0 unspecified atom stereocenters. The summed E-state index contributed by atoms with van der Waals surface area (Å²) < 4.78 is 29.2. The molecule has 1 heterocycles. The Hall–Kier alpha value is -2.57. The van der Waals surface area contributed by atoms with Crippen LogP contribution in [0.25, 0.3) is 0 Å². The summed E-state index contributed by atoms with van der Waals surface area (Å²) in [6.07, 6.45) is 2.62. The lowest BCUT2D eigenvalue weighted by Crippen LogP contribution is -2.39. The number of amides is 1. The first-order valence-corrected chi connectivity index (χ1v) is 8.94. The summed E-state index contributed by atoms with van der Waals surface area (Å²) in [7, 11) is 0. The molecule has 0 aliphatic carbocycles. The fourth-order valence-electron chi connectivity index (χ4n) is 2.71. The minimum atomic E-state index is -0.637. The van der Waals surface area contributed by atoms with E-state index < -0.39 is 17.7 Å². The average molecular weight is 379 g/mol. The zero-order chi connectivity index (χ0) is 20.0. The second kappa shape index (κ2) is 8.88. The molecule has 27 heavy (non-hydrogen) atoms.